The number of hydrogen-bond donors (Lipinski definition) is 3. The Bertz CT molecular complexity index is 380. The summed E-state index contributed by atoms with van der Waals surface area (Å²) in [5.41, 5.74) is 7.54. The minimum absolute atomic E-state index is 0.113. The van der Waals surface area contributed by atoms with E-state index in [1.165, 1.54) is 0 Å². The zero-order valence-corrected chi connectivity index (χ0v) is 10.4. The molecule has 0 aliphatic heterocycles. The number of benzene rings is 1. The van der Waals surface area contributed by atoms with Crippen LogP contribution in [0.25, 0.3) is 0 Å². The Morgan fingerprint density at radius 3 is 2.31 bits per heavy atom. The number of aromatic hydroxyl groups is 1. The molecule has 0 heterocycles. The van der Waals surface area contributed by atoms with Gasteiger partial charge >= 0.3 is 0 Å². The second kappa shape index (κ2) is 4.44. The lowest BCUT2D eigenvalue weighted by Gasteiger charge is -2.24. The number of rotatable bonds is 2. The highest BCUT2D eigenvalue weighted by atomic mass is 16.3. The second-order valence-electron chi connectivity index (χ2n) is 5.19. The summed E-state index contributed by atoms with van der Waals surface area (Å²) in [6.45, 7) is 8.05. The van der Waals surface area contributed by atoms with E-state index in [1.54, 1.807) is 0 Å². The molecule has 3 nitrogen and oxygen atoms in total. The van der Waals surface area contributed by atoms with Crippen LogP contribution in [-0.2, 0) is 5.41 Å². The number of aliphatic hydroxyl groups excluding tert-OH is 1. The van der Waals surface area contributed by atoms with Gasteiger partial charge in [-0.15, -0.1) is 0 Å². The Morgan fingerprint density at radius 1 is 1.31 bits per heavy atom. The van der Waals surface area contributed by atoms with Crippen molar-refractivity contribution in [2.45, 2.75) is 39.2 Å². The first-order valence-electron chi connectivity index (χ1n) is 5.50. The summed E-state index contributed by atoms with van der Waals surface area (Å²) >= 11 is 0. The summed E-state index contributed by atoms with van der Waals surface area (Å²) in [6.07, 6.45) is -0.803. The molecule has 1 rings (SSSR count). The molecule has 1 unspecified atom stereocenters. The summed E-state index contributed by atoms with van der Waals surface area (Å²) in [7, 11) is 0. The molecule has 3 heteroatoms. The van der Waals surface area contributed by atoms with Gasteiger partial charge in [0, 0.05) is 12.1 Å². The maximum atomic E-state index is 10.2. The smallest absolute Gasteiger partial charge is 0.125 e. The summed E-state index contributed by atoms with van der Waals surface area (Å²) in [4.78, 5) is 0. The Hall–Kier alpha value is -1.06. The van der Waals surface area contributed by atoms with E-state index in [-0.39, 0.29) is 17.7 Å². The van der Waals surface area contributed by atoms with Crippen molar-refractivity contribution < 1.29 is 10.2 Å². The van der Waals surface area contributed by atoms with Crippen LogP contribution in [0.5, 0.6) is 5.75 Å². The molecule has 0 radical (unpaired) electrons. The molecule has 0 aliphatic carbocycles. The molecule has 0 aromatic heterocycles. The van der Waals surface area contributed by atoms with Crippen LogP contribution in [-0.4, -0.2) is 16.8 Å². The third-order valence-electron chi connectivity index (χ3n) is 2.80. The molecule has 16 heavy (non-hydrogen) atoms. The van der Waals surface area contributed by atoms with Gasteiger partial charge in [0.05, 0.1) is 6.10 Å². The minimum atomic E-state index is -0.803. The molecular weight excluding hydrogens is 202 g/mol. The van der Waals surface area contributed by atoms with Crippen molar-refractivity contribution in [2.75, 3.05) is 6.54 Å². The second-order valence-corrected chi connectivity index (χ2v) is 5.19. The van der Waals surface area contributed by atoms with E-state index in [0.29, 0.717) is 5.56 Å². The lowest BCUT2D eigenvalue weighted by Crippen LogP contribution is -2.17. The van der Waals surface area contributed by atoms with Crippen LogP contribution < -0.4 is 5.73 Å². The number of aliphatic hydroxyl groups is 1. The van der Waals surface area contributed by atoms with E-state index in [0.717, 1.165) is 11.1 Å². The fraction of sp³-hybridized carbons (Fsp3) is 0.538. The van der Waals surface area contributed by atoms with E-state index in [9.17, 15) is 10.2 Å². The molecule has 90 valence electrons. The molecule has 4 N–H and O–H groups in total. The molecule has 0 spiro atoms. The van der Waals surface area contributed by atoms with E-state index in [2.05, 4.69) is 0 Å². The average Bonchev–Trinajstić information content (AvgIpc) is 2.15. The maximum Gasteiger partial charge on any atom is 0.125 e. The standard InChI is InChI=1S/C13H21NO2/c1-8-5-6-9(13(2,3)4)12(16)11(8)10(15)7-14/h5-6,10,15-16H,7,14H2,1-4H3. The molecule has 0 fully saturated rings. The zero-order chi connectivity index (χ0) is 12.5. The zero-order valence-electron chi connectivity index (χ0n) is 10.4. The fourth-order valence-corrected chi connectivity index (χ4v) is 1.85. The first-order chi connectivity index (χ1) is 7.29. The Balaban J connectivity index is 3.39. The van der Waals surface area contributed by atoms with Crippen molar-refractivity contribution in [3.05, 3.63) is 28.8 Å². The highest BCUT2D eigenvalue weighted by Crippen LogP contribution is 2.37. The van der Waals surface area contributed by atoms with Crippen molar-refractivity contribution in [1.29, 1.82) is 0 Å². The van der Waals surface area contributed by atoms with Gasteiger partial charge in [0.2, 0.25) is 0 Å². The molecule has 1 aromatic rings. The first-order valence-corrected chi connectivity index (χ1v) is 5.50. The van der Waals surface area contributed by atoms with Crippen LogP contribution in [0.3, 0.4) is 0 Å². The number of phenols is 1. The van der Waals surface area contributed by atoms with Gasteiger partial charge in [0.1, 0.15) is 5.75 Å². The predicted octanol–water partition coefficient (Wildman–Crippen LogP) is 1.99. The van der Waals surface area contributed by atoms with Crippen molar-refractivity contribution in [2.24, 2.45) is 5.73 Å². The molecule has 0 saturated carbocycles. The largest absolute Gasteiger partial charge is 0.507 e. The van der Waals surface area contributed by atoms with Crippen LogP contribution in [0.15, 0.2) is 12.1 Å². The monoisotopic (exact) mass is 223 g/mol. The van der Waals surface area contributed by atoms with E-state index < -0.39 is 6.10 Å². The maximum absolute atomic E-state index is 10.2. The van der Waals surface area contributed by atoms with Gasteiger partial charge in [-0.05, 0) is 23.5 Å². The number of aryl methyl sites for hydroxylation is 1. The molecular formula is C13H21NO2. The summed E-state index contributed by atoms with van der Waals surface area (Å²) < 4.78 is 0. The number of nitrogens with two attached hydrogens (primary N) is 1. The van der Waals surface area contributed by atoms with Crippen LogP contribution in [0.1, 0.15) is 43.6 Å². The third-order valence-corrected chi connectivity index (χ3v) is 2.80. The van der Waals surface area contributed by atoms with Gasteiger partial charge in [0.15, 0.2) is 0 Å². The Labute approximate surface area is 96.9 Å². The van der Waals surface area contributed by atoms with Crippen LogP contribution >= 0.6 is 0 Å². The van der Waals surface area contributed by atoms with Gasteiger partial charge in [0.25, 0.3) is 0 Å². The highest BCUT2D eigenvalue weighted by molar-refractivity contribution is 5.49. The number of hydrogen-bond acceptors (Lipinski definition) is 3. The lowest BCUT2D eigenvalue weighted by atomic mass is 9.83. The average molecular weight is 223 g/mol. The molecule has 1 atom stereocenters. The van der Waals surface area contributed by atoms with Gasteiger partial charge in [-0.25, -0.2) is 0 Å². The van der Waals surface area contributed by atoms with Gasteiger partial charge in [-0.2, -0.15) is 0 Å². The van der Waals surface area contributed by atoms with Gasteiger partial charge in [-0.1, -0.05) is 32.9 Å². The Kier molecular flexibility index (Phi) is 3.61. The quantitative estimate of drug-likeness (QED) is 0.718. The van der Waals surface area contributed by atoms with E-state index in [4.69, 9.17) is 5.73 Å². The van der Waals surface area contributed by atoms with Crippen molar-refractivity contribution >= 4 is 0 Å². The third kappa shape index (κ3) is 2.36. The SMILES string of the molecule is Cc1ccc(C(C)(C)C)c(O)c1C(O)CN. The molecule has 0 bridgehead atoms. The van der Waals surface area contributed by atoms with Gasteiger partial charge < -0.3 is 15.9 Å². The summed E-state index contributed by atoms with van der Waals surface area (Å²) in [5, 5.41) is 20.0. The van der Waals surface area contributed by atoms with Crippen molar-refractivity contribution in [3.8, 4) is 5.75 Å². The molecule has 0 aliphatic rings. The minimum Gasteiger partial charge on any atom is -0.507 e. The fourth-order valence-electron chi connectivity index (χ4n) is 1.85. The molecule has 0 saturated heterocycles. The first kappa shape index (κ1) is 13.0. The number of phenolic OH excluding ortho intramolecular Hbond substituents is 1. The van der Waals surface area contributed by atoms with E-state index in [1.807, 2.05) is 39.8 Å². The predicted molar refractivity (Wildman–Crippen MR) is 65.6 cm³/mol. The van der Waals surface area contributed by atoms with Crippen LogP contribution in [0.4, 0.5) is 0 Å². The van der Waals surface area contributed by atoms with Crippen LogP contribution in [0.2, 0.25) is 0 Å². The van der Waals surface area contributed by atoms with Crippen molar-refractivity contribution in [3.63, 3.8) is 0 Å². The van der Waals surface area contributed by atoms with Crippen LogP contribution in [0, 0.1) is 6.92 Å². The topological polar surface area (TPSA) is 66.5 Å². The lowest BCUT2D eigenvalue weighted by molar-refractivity contribution is 0.181. The highest BCUT2D eigenvalue weighted by Gasteiger charge is 2.23. The normalized spacial score (nSPS) is 13.9. The van der Waals surface area contributed by atoms with Gasteiger partial charge in [-0.3, -0.25) is 0 Å². The van der Waals surface area contributed by atoms with E-state index >= 15 is 0 Å². The summed E-state index contributed by atoms with van der Waals surface area (Å²) in [5.74, 6) is 0.172. The Morgan fingerprint density at radius 2 is 1.88 bits per heavy atom. The molecule has 0 amide bonds. The van der Waals surface area contributed by atoms with Crippen molar-refractivity contribution in [1.82, 2.24) is 0 Å². The molecule has 1 aromatic carbocycles. The summed E-state index contributed by atoms with van der Waals surface area (Å²) in [6, 6.07) is 3.81.